The molecule has 0 atom stereocenters. The molecule has 1 aromatic rings. The van der Waals surface area contributed by atoms with Crippen LogP contribution in [0.25, 0.3) is 0 Å². The first-order valence-electron chi connectivity index (χ1n) is 7.00. The molecule has 114 valence electrons. The second-order valence-corrected chi connectivity index (χ2v) is 5.04. The van der Waals surface area contributed by atoms with Crippen molar-refractivity contribution < 1.29 is 19.4 Å². The zero-order valence-electron chi connectivity index (χ0n) is 12.1. The maximum Gasteiger partial charge on any atom is 0.317 e. The molecule has 1 aromatic carbocycles. The fourth-order valence-electron chi connectivity index (χ4n) is 2.42. The van der Waals surface area contributed by atoms with Crippen molar-refractivity contribution in [3.05, 3.63) is 29.3 Å². The molecule has 1 aliphatic heterocycles. The maximum atomic E-state index is 12.1. The van der Waals surface area contributed by atoms with Gasteiger partial charge in [0.25, 0.3) is 0 Å². The molecule has 0 fully saturated rings. The average Bonchev–Trinajstić information content (AvgIpc) is 2.68. The van der Waals surface area contributed by atoms with E-state index >= 15 is 0 Å². The van der Waals surface area contributed by atoms with E-state index in [2.05, 4.69) is 5.32 Å². The number of carbonyl (C=O) groups is 2. The number of carboxylic acids is 1. The number of hydrogen-bond acceptors (Lipinski definition) is 3. The van der Waals surface area contributed by atoms with Gasteiger partial charge in [0.15, 0.2) is 0 Å². The summed E-state index contributed by atoms with van der Waals surface area (Å²) in [6, 6.07) is 5.68. The van der Waals surface area contributed by atoms with E-state index in [1.807, 2.05) is 18.2 Å². The summed E-state index contributed by atoms with van der Waals surface area (Å²) in [6.45, 7) is 1.36. The van der Waals surface area contributed by atoms with Crippen LogP contribution in [-0.4, -0.2) is 42.2 Å². The van der Waals surface area contributed by atoms with E-state index in [9.17, 15) is 9.59 Å². The molecule has 0 radical (unpaired) electrons. The Morgan fingerprint density at radius 2 is 2.19 bits per heavy atom. The van der Waals surface area contributed by atoms with Crippen molar-refractivity contribution >= 4 is 12.0 Å². The smallest absolute Gasteiger partial charge is 0.317 e. The van der Waals surface area contributed by atoms with Gasteiger partial charge in [-0.3, -0.25) is 4.79 Å². The van der Waals surface area contributed by atoms with Crippen molar-refractivity contribution in [1.29, 1.82) is 0 Å². The number of nitrogens with zero attached hydrogens (tertiary/aromatic N) is 1. The topological polar surface area (TPSA) is 78.9 Å². The molecule has 1 heterocycles. The third-order valence-electron chi connectivity index (χ3n) is 3.55. The molecular formula is C15H20N2O4. The zero-order valence-corrected chi connectivity index (χ0v) is 12.1. The van der Waals surface area contributed by atoms with Gasteiger partial charge in [0, 0.05) is 19.6 Å². The zero-order chi connectivity index (χ0) is 15.2. The van der Waals surface area contributed by atoms with Crippen LogP contribution >= 0.6 is 0 Å². The summed E-state index contributed by atoms with van der Waals surface area (Å²) in [4.78, 5) is 24.2. The monoisotopic (exact) mass is 292 g/mol. The summed E-state index contributed by atoms with van der Waals surface area (Å²) < 4.78 is 5.22. The summed E-state index contributed by atoms with van der Waals surface area (Å²) in [7, 11) is 1.64. The summed E-state index contributed by atoms with van der Waals surface area (Å²) in [5, 5.41) is 11.2. The van der Waals surface area contributed by atoms with Gasteiger partial charge in [-0.1, -0.05) is 6.07 Å². The van der Waals surface area contributed by atoms with Crippen molar-refractivity contribution in [3.63, 3.8) is 0 Å². The Morgan fingerprint density at radius 3 is 2.90 bits per heavy atom. The standard InChI is InChI=1S/C15H20N2O4/c1-21-13-5-4-12-10-17(8-2-3-11(12)9-13)15(20)16-7-6-14(18)19/h4-5,9H,2-3,6-8,10H2,1H3,(H,16,20)(H,18,19). The summed E-state index contributed by atoms with van der Waals surface area (Å²) in [6.07, 6.45) is 1.73. The van der Waals surface area contributed by atoms with Crippen LogP contribution in [0.2, 0.25) is 0 Å². The number of aryl methyl sites for hydroxylation is 1. The molecule has 0 aromatic heterocycles. The van der Waals surface area contributed by atoms with Gasteiger partial charge >= 0.3 is 12.0 Å². The Bertz CT molecular complexity index is 530. The molecule has 2 rings (SSSR count). The highest BCUT2D eigenvalue weighted by molar-refractivity contribution is 5.75. The lowest BCUT2D eigenvalue weighted by atomic mass is 10.0. The lowest BCUT2D eigenvalue weighted by molar-refractivity contribution is -0.136. The van der Waals surface area contributed by atoms with Crippen LogP contribution in [0.1, 0.15) is 24.0 Å². The first kappa shape index (κ1) is 15.2. The largest absolute Gasteiger partial charge is 0.497 e. The van der Waals surface area contributed by atoms with Crippen molar-refractivity contribution in [2.24, 2.45) is 0 Å². The van der Waals surface area contributed by atoms with Gasteiger partial charge in [-0.15, -0.1) is 0 Å². The molecule has 2 amide bonds. The SMILES string of the molecule is COc1ccc2c(c1)CCCN(C(=O)NCCC(=O)O)C2. The van der Waals surface area contributed by atoms with E-state index in [0.29, 0.717) is 13.1 Å². The molecule has 0 saturated heterocycles. The Hall–Kier alpha value is -2.24. The minimum Gasteiger partial charge on any atom is -0.497 e. The molecule has 0 spiro atoms. The number of amides is 2. The fourth-order valence-corrected chi connectivity index (χ4v) is 2.42. The van der Waals surface area contributed by atoms with Crippen LogP contribution < -0.4 is 10.1 Å². The second-order valence-electron chi connectivity index (χ2n) is 5.04. The van der Waals surface area contributed by atoms with Crippen LogP contribution in [0.15, 0.2) is 18.2 Å². The van der Waals surface area contributed by atoms with Gasteiger partial charge in [0.05, 0.1) is 13.5 Å². The minimum atomic E-state index is -0.913. The lowest BCUT2D eigenvalue weighted by Crippen LogP contribution is -2.40. The fraction of sp³-hybridized carbons (Fsp3) is 0.467. The van der Waals surface area contributed by atoms with Crippen molar-refractivity contribution in [2.45, 2.75) is 25.8 Å². The van der Waals surface area contributed by atoms with Crippen LogP contribution in [0.5, 0.6) is 5.75 Å². The van der Waals surface area contributed by atoms with E-state index in [1.54, 1.807) is 12.0 Å². The normalized spacial score (nSPS) is 14.0. The number of carbonyl (C=O) groups excluding carboxylic acids is 1. The third-order valence-corrected chi connectivity index (χ3v) is 3.55. The quantitative estimate of drug-likeness (QED) is 0.884. The molecule has 6 heteroatoms. The Balaban J connectivity index is 1.99. The van der Waals surface area contributed by atoms with Crippen LogP contribution in [0.4, 0.5) is 4.79 Å². The molecular weight excluding hydrogens is 272 g/mol. The highest BCUT2D eigenvalue weighted by atomic mass is 16.5. The number of urea groups is 1. The van der Waals surface area contributed by atoms with Crippen LogP contribution in [-0.2, 0) is 17.8 Å². The van der Waals surface area contributed by atoms with E-state index in [-0.39, 0.29) is 19.0 Å². The van der Waals surface area contributed by atoms with Crippen molar-refractivity contribution in [3.8, 4) is 5.75 Å². The van der Waals surface area contributed by atoms with Crippen molar-refractivity contribution in [1.82, 2.24) is 10.2 Å². The number of aliphatic carboxylic acids is 1. The average molecular weight is 292 g/mol. The third kappa shape index (κ3) is 4.11. The number of ether oxygens (including phenoxy) is 1. The minimum absolute atomic E-state index is 0.0621. The van der Waals surface area contributed by atoms with E-state index in [4.69, 9.17) is 9.84 Å². The first-order valence-corrected chi connectivity index (χ1v) is 7.00. The lowest BCUT2D eigenvalue weighted by Gasteiger charge is -2.21. The van der Waals surface area contributed by atoms with Crippen molar-refractivity contribution in [2.75, 3.05) is 20.2 Å². The molecule has 2 N–H and O–H groups in total. The van der Waals surface area contributed by atoms with Gasteiger partial charge in [0.1, 0.15) is 5.75 Å². The molecule has 21 heavy (non-hydrogen) atoms. The number of methoxy groups -OCH3 is 1. The molecule has 0 saturated carbocycles. The van der Waals surface area contributed by atoms with Gasteiger partial charge in [-0.05, 0) is 36.1 Å². The summed E-state index contributed by atoms with van der Waals surface area (Å²) in [5.74, 6) is -0.0864. The molecule has 6 nitrogen and oxygen atoms in total. The van der Waals surface area contributed by atoms with Gasteiger partial charge in [-0.25, -0.2) is 4.79 Å². The molecule has 0 unspecified atom stereocenters. The number of carboxylic acid groups (broad SMARTS) is 1. The second kappa shape index (κ2) is 6.97. The van der Waals surface area contributed by atoms with E-state index in [0.717, 1.165) is 24.2 Å². The van der Waals surface area contributed by atoms with Crippen LogP contribution in [0.3, 0.4) is 0 Å². The van der Waals surface area contributed by atoms with E-state index < -0.39 is 5.97 Å². The van der Waals surface area contributed by atoms with Crippen LogP contribution in [0, 0.1) is 0 Å². The molecule has 0 aliphatic carbocycles. The Labute approximate surface area is 123 Å². The number of hydrogen-bond donors (Lipinski definition) is 2. The van der Waals surface area contributed by atoms with Gasteiger partial charge in [-0.2, -0.15) is 0 Å². The Morgan fingerprint density at radius 1 is 1.38 bits per heavy atom. The summed E-state index contributed by atoms with van der Waals surface area (Å²) in [5.41, 5.74) is 2.32. The predicted octanol–water partition coefficient (Wildman–Crippen LogP) is 1.63. The number of benzene rings is 1. The molecule has 0 bridgehead atoms. The first-order chi connectivity index (χ1) is 10.1. The molecule has 1 aliphatic rings. The van der Waals surface area contributed by atoms with Gasteiger partial charge in [0.2, 0.25) is 0 Å². The Kier molecular flexibility index (Phi) is 5.03. The maximum absolute atomic E-state index is 12.1. The number of fused-ring (bicyclic) bond motifs is 1. The number of nitrogens with one attached hydrogen (secondary N) is 1. The number of rotatable bonds is 4. The summed E-state index contributed by atoms with van der Waals surface area (Å²) >= 11 is 0. The van der Waals surface area contributed by atoms with E-state index in [1.165, 1.54) is 5.56 Å². The highest BCUT2D eigenvalue weighted by Gasteiger charge is 2.19. The highest BCUT2D eigenvalue weighted by Crippen LogP contribution is 2.23. The van der Waals surface area contributed by atoms with Gasteiger partial charge < -0.3 is 20.1 Å². The predicted molar refractivity (Wildman–Crippen MR) is 77.4 cm³/mol.